The summed E-state index contributed by atoms with van der Waals surface area (Å²) in [6, 6.07) is 8.91. The molecule has 0 aliphatic rings. The first-order chi connectivity index (χ1) is 14.4. The molecule has 0 spiro atoms. The molecule has 2 aromatic rings. The van der Waals surface area contributed by atoms with Gasteiger partial charge >= 0.3 is 0 Å². The minimum atomic E-state index is -1.74. The van der Waals surface area contributed by atoms with Crippen molar-refractivity contribution in [1.29, 1.82) is 0 Å². The zero-order valence-electron chi connectivity index (χ0n) is 21.5. The molecule has 1 unspecified atom stereocenters. The molecule has 0 bridgehead atoms. The van der Waals surface area contributed by atoms with E-state index in [1.807, 2.05) is 0 Å². The third kappa shape index (κ3) is 6.00. The average molecular weight is 480 g/mol. The third-order valence-corrected chi connectivity index (χ3v) is 13.1. The molecule has 0 saturated heterocycles. The Morgan fingerprint density at radius 1 is 1.00 bits per heavy atom. The maximum absolute atomic E-state index is 6.47. The van der Waals surface area contributed by atoms with Crippen LogP contribution in [0.5, 0.6) is 0 Å². The summed E-state index contributed by atoms with van der Waals surface area (Å²) in [6.07, 6.45) is 2.10. The Bertz CT molecular complexity index is 836. The molecule has 1 atom stereocenters. The van der Waals surface area contributed by atoms with E-state index in [0.717, 1.165) is 13.2 Å². The second-order valence-electron chi connectivity index (χ2n) is 10.7. The fourth-order valence-electron chi connectivity index (χ4n) is 3.83. The SMILES string of the molecule is C[SiH2]OC(O[SiH2]C)C(C)(C)C(C)c1cccc2ccn(CCO[Si](C)(C)C(C)(C)C)c12. The standard InChI is InChI=1S/C24H45NO3Si3/c1-18(24(5,6)22(27-29-7)28-30-8)20-13-11-12-19-14-15-25(21(19)20)16-17-26-31(9,10)23(2,3)4/h11-15,18,22H,16-17,29-30H2,1-10H3. The quantitative estimate of drug-likeness (QED) is 0.319. The molecular weight excluding hydrogens is 435 g/mol. The molecular formula is C24H45NO3Si3. The van der Waals surface area contributed by atoms with E-state index in [1.54, 1.807) is 0 Å². The molecule has 1 aromatic heterocycles. The fraction of sp³-hybridized carbons (Fsp3) is 0.667. The van der Waals surface area contributed by atoms with Gasteiger partial charge in [-0.1, -0.05) is 72.8 Å². The van der Waals surface area contributed by atoms with Gasteiger partial charge in [-0.15, -0.1) is 0 Å². The van der Waals surface area contributed by atoms with Gasteiger partial charge in [0.05, 0.1) is 12.1 Å². The number of hydrogen-bond donors (Lipinski definition) is 0. The van der Waals surface area contributed by atoms with Gasteiger partial charge in [-0.3, -0.25) is 0 Å². The maximum atomic E-state index is 6.47. The number of rotatable bonds is 11. The van der Waals surface area contributed by atoms with Crippen LogP contribution < -0.4 is 0 Å². The van der Waals surface area contributed by atoms with Crippen molar-refractivity contribution in [3.8, 4) is 0 Å². The predicted octanol–water partition coefficient (Wildman–Crippen LogP) is 5.42. The summed E-state index contributed by atoms with van der Waals surface area (Å²) in [4.78, 5) is 0. The smallest absolute Gasteiger partial charge is 0.192 e. The summed E-state index contributed by atoms with van der Waals surface area (Å²) in [6.45, 7) is 24.4. The van der Waals surface area contributed by atoms with Gasteiger partial charge in [0.25, 0.3) is 0 Å². The third-order valence-electron chi connectivity index (χ3n) is 7.25. The fourth-order valence-corrected chi connectivity index (χ4v) is 6.71. The van der Waals surface area contributed by atoms with Gasteiger partial charge in [-0.25, -0.2) is 0 Å². The molecule has 1 heterocycles. The Labute approximate surface area is 196 Å². The van der Waals surface area contributed by atoms with Crippen molar-refractivity contribution in [3.63, 3.8) is 0 Å². The van der Waals surface area contributed by atoms with Gasteiger partial charge in [0, 0.05) is 18.2 Å². The van der Waals surface area contributed by atoms with Gasteiger partial charge < -0.3 is 17.8 Å². The zero-order valence-corrected chi connectivity index (χ0v) is 25.4. The normalized spacial score (nSPS) is 16.2. The van der Waals surface area contributed by atoms with Crippen LogP contribution in [0.2, 0.25) is 31.2 Å². The van der Waals surface area contributed by atoms with Gasteiger partial charge in [0.2, 0.25) is 0 Å². The summed E-state index contributed by atoms with van der Waals surface area (Å²) in [7, 11) is -2.83. The zero-order chi connectivity index (χ0) is 23.4. The summed E-state index contributed by atoms with van der Waals surface area (Å²) in [5.74, 6) is 0.303. The van der Waals surface area contributed by atoms with Gasteiger partial charge in [-0.2, -0.15) is 0 Å². The van der Waals surface area contributed by atoms with Crippen molar-refractivity contribution < 1.29 is 13.3 Å². The predicted molar refractivity (Wildman–Crippen MR) is 142 cm³/mol. The van der Waals surface area contributed by atoms with E-state index in [0.29, 0.717) is 5.92 Å². The summed E-state index contributed by atoms with van der Waals surface area (Å²) >= 11 is 0. The molecule has 0 saturated carbocycles. The van der Waals surface area contributed by atoms with Crippen molar-refractivity contribution >= 4 is 38.7 Å². The van der Waals surface area contributed by atoms with E-state index in [1.165, 1.54) is 16.5 Å². The number of hydrogen-bond acceptors (Lipinski definition) is 3. The number of fused-ring (bicyclic) bond motifs is 1. The first-order valence-corrected chi connectivity index (χ1v) is 18.7. The highest BCUT2D eigenvalue weighted by Gasteiger charge is 2.38. The van der Waals surface area contributed by atoms with Crippen molar-refractivity contribution in [1.82, 2.24) is 4.57 Å². The molecule has 0 aliphatic heterocycles. The molecule has 0 aliphatic carbocycles. The monoisotopic (exact) mass is 479 g/mol. The molecule has 176 valence electrons. The second-order valence-corrected chi connectivity index (χ2v) is 17.3. The largest absolute Gasteiger partial charge is 0.415 e. The minimum absolute atomic E-state index is 0.104. The van der Waals surface area contributed by atoms with Crippen LogP contribution in [-0.4, -0.2) is 45.3 Å². The van der Waals surface area contributed by atoms with E-state index in [-0.39, 0.29) is 16.7 Å². The Balaban J connectivity index is 2.32. The van der Waals surface area contributed by atoms with Crippen LogP contribution in [-0.2, 0) is 19.8 Å². The first kappa shape index (κ1) is 26.5. The molecule has 4 nitrogen and oxygen atoms in total. The number of nitrogens with zero attached hydrogens (tertiary/aromatic N) is 1. The van der Waals surface area contributed by atoms with Crippen LogP contribution in [0.4, 0.5) is 0 Å². The summed E-state index contributed by atoms with van der Waals surface area (Å²) in [5.41, 5.74) is 2.59. The van der Waals surface area contributed by atoms with Crippen LogP contribution in [0.15, 0.2) is 30.5 Å². The van der Waals surface area contributed by atoms with Crippen molar-refractivity contribution in [3.05, 3.63) is 36.0 Å². The Hall–Kier alpha value is -0.709. The lowest BCUT2D eigenvalue weighted by molar-refractivity contribution is -0.0880. The summed E-state index contributed by atoms with van der Waals surface area (Å²) < 4.78 is 21.2. The van der Waals surface area contributed by atoms with Crippen molar-refractivity contribution in [2.24, 2.45) is 5.41 Å². The Morgan fingerprint density at radius 3 is 2.16 bits per heavy atom. The van der Waals surface area contributed by atoms with Gasteiger partial charge in [0.15, 0.2) is 27.8 Å². The van der Waals surface area contributed by atoms with E-state index < -0.39 is 27.8 Å². The summed E-state index contributed by atoms with van der Waals surface area (Å²) in [5, 5.41) is 1.52. The number of para-hydroxylation sites is 1. The molecule has 0 N–H and O–H groups in total. The molecule has 31 heavy (non-hydrogen) atoms. The van der Waals surface area contributed by atoms with Crippen LogP contribution in [0, 0.1) is 5.41 Å². The van der Waals surface area contributed by atoms with Gasteiger partial charge in [0.1, 0.15) is 6.29 Å². The Kier molecular flexibility index (Phi) is 8.98. The van der Waals surface area contributed by atoms with Crippen LogP contribution in [0.3, 0.4) is 0 Å². The molecule has 0 amide bonds. The molecule has 1 aromatic carbocycles. The lowest BCUT2D eigenvalue weighted by Gasteiger charge is -2.40. The number of benzene rings is 1. The lowest BCUT2D eigenvalue weighted by atomic mass is 9.75. The van der Waals surface area contributed by atoms with Crippen molar-refractivity contribution in [2.45, 2.75) is 91.5 Å². The number of aromatic nitrogens is 1. The highest BCUT2D eigenvalue weighted by atomic mass is 28.4. The van der Waals surface area contributed by atoms with E-state index in [4.69, 9.17) is 13.3 Å². The maximum Gasteiger partial charge on any atom is 0.192 e. The highest BCUT2D eigenvalue weighted by molar-refractivity contribution is 6.74. The van der Waals surface area contributed by atoms with E-state index in [2.05, 4.69) is 103 Å². The van der Waals surface area contributed by atoms with Gasteiger partial charge in [-0.05, 0) is 41.1 Å². The van der Waals surface area contributed by atoms with E-state index >= 15 is 0 Å². The van der Waals surface area contributed by atoms with Crippen LogP contribution in [0.1, 0.15) is 53.0 Å². The highest BCUT2D eigenvalue weighted by Crippen LogP contribution is 2.42. The molecule has 2 rings (SSSR count). The topological polar surface area (TPSA) is 32.6 Å². The lowest BCUT2D eigenvalue weighted by Crippen LogP contribution is -2.41. The first-order valence-electron chi connectivity index (χ1n) is 11.8. The Morgan fingerprint density at radius 2 is 1.61 bits per heavy atom. The molecule has 0 fully saturated rings. The average Bonchev–Trinajstić information content (AvgIpc) is 3.09. The van der Waals surface area contributed by atoms with Crippen LogP contribution in [0.25, 0.3) is 10.9 Å². The minimum Gasteiger partial charge on any atom is -0.415 e. The second kappa shape index (κ2) is 10.5. The van der Waals surface area contributed by atoms with E-state index in [9.17, 15) is 0 Å². The molecule has 7 heteroatoms. The van der Waals surface area contributed by atoms with Crippen LogP contribution >= 0.6 is 0 Å². The molecule has 0 radical (unpaired) electrons. The van der Waals surface area contributed by atoms with Crippen molar-refractivity contribution in [2.75, 3.05) is 6.61 Å².